The summed E-state index contributed by atoms with van der Waals surface area (Å²) < 4.78 is 1.86. The van der Waals surface area contributed by atoms with Crippen molar-refractivity contribution in [1.82, 2.24) is 19.4 Å². The number of imidazole rings is 1. The zero-order valence-electron chi connectivity index (χ0n) is 14.3. The maximum absolute atomic E-state index is 13.0. The van der Waals surface area contributed by atoms with Gasteiger partial charge in [-0.15, -0.1) is 0 Å². The molecular weight excluding hydrogens is 320 g/mol. The number of nitrogens with zero attached hydrogens (tertiary/aromatic N) is 4. The van der Waals surface area contributed by atoms with Gasteiger partial charge in [0.1, 0.15) is 0 Å². The lowest BCUT2D eigenvalue weighted by atomic mass is 9.95. The summed E-state index contributed by atoms with van der Waals surface area (Å²) in [6, 6.07) is 5.58. The number of carbonyl (C=O) groups excluding carboxylic acids is 2. The first-order chi connectivity index (χ1) is 12.1. The van der Waals surface area contributed by atoms with Crippen molar-refractivity contribution in [1.29, 1.82) is 0 Å². The molecule has 0 aliphatic carbocycles. The minimum absolute atomic E-state index is 0.0430. The number of amides is 2. The summed E-state index contributed by atoms with van der Waals surface area (Å²) in [5.74, 6) is 0.0311. The molecule has 2 aromatic rings. The molecule has 0 spiro atoms. The number of aliphatic hydroxyl groups excluding tert-OH is 1. The Hall–Kier alpha value is -2.41. The second-order valence-electron chi connectivity index (χ2n) is 6.95. The molecule has 132 valence electrons. The summed E-state index contributed by atoms with van der Waals surface area (Å²) in [5, 5.41) is 9.09. The van der Waals surface area contributed by atoms with Crippen LogP contribution in [-0.4, -0.2) is 69.1 Å². The average molecular weight is 342 g/mol. The molecular formula is C18H22N4O3. The van der Waals surface area contributed by atoms with Gasteiger partial charge in [-0.1, -0.05) is 0 Å². The Labute approximate surface area is 145 Å². The standard InChI is InChI=1S/C18H22N4O3/c1-20-14-4-2-13(17(20)24)9-22(10-14)18(25)12-3-5-16-15(8-12)19-11-21(16)6-7-23/h3,5,8,11,13-14,23H,2,4,6-7,9-10H2,1H3/t13-,14+/m1/s1. The molecule has 0 saturated carbocycles. The molecule has 1 N–H and O–H groups in total. The number of aliphatic hydroxyl groups is 1. The molecule has 2 amide bonds. The number of hydrogen-bond acceptors (Lipinski definition) is 4. The Morgan fingerprint density at radius 3 is 2.96 bits per heavy atom. The molecule has 1 aromatic heterocycles. The fourth-order valence-electron chi connectivity index (χ4n) is 3.99. The van der Waals surface area contributed by atoms with Gasteiger partial charge in [0.2, 0.25) is 5.91 Å². The Morgan fingerprint density at radius 2 is 2.16 bits per heavy atom. The van der Waals surface area contributed by atoms with Crippen molar-refractivity contribution in [3.63, 3.8) is 0 Å². The highest BCUT2D eigenvalue weighted by atomic mass is 16.3. The predicted molar refractivity (Wildman–Crippen MR) is 92.0 cm³/mol. The van der Waals surface area contributed by atoms with Gasteiger partial charge in [0, 0.05) is 38.3 Å². The van der Waals surface area contributed by atoms with Gasteiger partial charge in [0.25, 0.3) is 5.91 Å². The number of piperidine rings is 1. The van der Waals surface area contributed by atoms with Gasteiger partial charge in [0.05, 0.1) is 29.9 Å². The number of likely N-dealkylation sites (N-methyl/N-ethyl adjacent to an activating group) is 1. The fourth-order valence-corrected chi connectivity index (χ4v) is 3.99. The SMILES string of the molecule is CN1C(=O)[C@@H]2CC[C@H]1CN(C(=O)c1ccc3c(c1)ncn3CCO)C2. The first kappa shape index (κ1) is 16.1. The zero-order chi connectivity index (χ0) is 17.6. The second kappa shape index (κ2) is 6.15. The van der Waals surface area contributed by atoms with Crippen molar-refractivity contribution in [3.05, 3.63) is 30.1 Å². The zero-order valence-corrected chi connectivity index (χ0v) is 14.3. The van der Waals surface area contributed by atoms with Gasteiger partial charge in [-0.25, -0.2) is 4.98 Å². The highest BCUT2D eigenvalue weighted by molar-refractivity contribution is 5.98. The van der Waals surface area contributed by atoms with Crippen LogP contribution in [0.3, 0.4) is 0 Å². The summed E-state index contributed by atoms with van der Waals surface area (Å²) in [5.41, 5.74) is 2.24. The van der Waals surface area contributed by atoms with Crippen LogP contribution >= 0.6 is 0 Å². The van der Waals surface area contributed by atoms with Crippen LogP contribution in [0.4, 0.5) is 0 Å². The van der Waals surface area contributed by atoms with Crippen LogP contribution in [-0.2, 0) is 11.3 Å². The summed E-state index contributed by atoms with van der Waals surface area (Å²) in [6.07, 6.45) is 3.50. The third-order valence-electron chi connectivity index (χ3n) is 5.46. The number of carbonyl (C=O) groups is 2. The lowest BCUT2D eigenvalue weighted by molar-refractivity contribution is -0.138. The molecule has 0 unspecified atom stereocenters. The molecule has 0 radical (unpaired) electrons. The molecule has 7 heteroatoms. The molecule has 1 aromatic carbocycles. The summed E-state index contributed by atoms with van der Waals surface area (Å²) in [7, 11) is 1.84. The van der Waals surface area contributed by atoms with E-state index >= 15 is 0 Å². The second-order valence-corrected chi connectivity index (χ2v) is 6.95. The van der Waals surface area contributed by atoms with E-state index in [0.29, 0.717) is 25.2 Å². The Bertz CT molecular complexity index is 831. The normalized spacial score (nSPS) is 23.4. The average Bonchev–Trinajstić information content (AvgIpc) is 2.82. The van der Waals surface area contributed by atoms with Crippen LogP contribution in [0, 0.1) is 5.92 Å². The van der Waals surface area contributed by atoms with E-state index in [9.17, 15) is 9.59 Å². The van der Waals surface area contributed by atoms with E-state index in [2.05, 4.69) is 4.98 Å². The van der Waals surface area contributed by atoms with Gasteiger partial charge >= 0.3 is 0 Å². The Balaban J connectivity index is 1.60. The van der Waals surface area contributed by atoms with Gasteiger partial charge in [-0.05, 0) is 31.0 Å². The van der Waals surface area contributed by atoms with E-state index < -0.39 is 0 Å². The molecule has 4 heterocycles. The smallest absolute Gasteiger partial charge is 0.254 e. The molecule has 2 bridgehead atoms. The van der Waals surface area contributed by atoms with Crippen LogP contribution in [0.15, 0.2) is 24.5 Å². The molecule has 7 nitrogen and oxygen atoms in total. The minimum Gasteiger partial charge on any atom is -0.395 e. The predicted octanol–water partition coefficient (Wildman–Crippen LogP) is 0.721. The molecule has 3 aliphatic heterocycles. The van der Waals surface area contributed by atoms with Crippen LogP contribution in [0.1, 0.15) is 23.2 Å². The lowest BCUT2D eigenvalue weighted by Crippen LogP contribution is -2.45. The third kappa shape index (κ3) is 2.68. The summed E-state index contributed by atoms with van der Waals surface area (Å²) in [4.78, 5) is 33.2. The number of fused-ring (bicyclic) bond motifs is 5. The molecule has 2 atom stereocenters. The van der Waals surface area contributed by atoms with Crippen LogP contribution < -0.4 is 0 Å². The van der Waals surface area contributed by atoms with Crippen LogP contribution in [0.5, 0.6) is 0 Å². The highest BCUT2D eigenvalue weighted by Crippen LogP contribution is 2.29. The Morgan fingerprint density at radius 1 is 1.32 bits per heavy atom. The maximum atomic E-state index is 13.0. The summed E-state index contributed by atoms with van der Waals surface area (Å²) in [6.45, 7) is 1.61. The molecule has 3 saturated heterocycles. The van der Waals surface area contributed by atoms with Crippen molar-refractivity contribution in [2.24, 2.45) is 5.92 Å². The van der Waals surface area contributed by atoms with Crippen molar-refractivity contribution < 1.29 is 14.7 Å². The first-order valence-corrected chi connectivity index (χ1v) is 8.70. The van der Waals surface area contributed by atoms with E-state index in [1.165, 1.54) is 0 Å². The number of rotatable bonds is 3. The summed E-state index contributed by atoms with van der Waals surface area (Å²) >= 11 is 0. The fraction of sp³-hybridized carbons (Fsp3) is 0.500. The molecule has 3 aliphatic rings. The van der Waals surface area contributed by atoms with E-state index in [1.807, 2.05) is 22.6 Å². The van der Waals surface area contributed by atoms with Crippen LogP contribution in [0.25, 0.3) is 11.0 Å². The number of benzene rings is 1. The number of aromatic nitrogens is 2. The van der Waals surface area contributed by atoms with Gasteiger partial charge in [0.15, 0.2) is 0 Å². The minimum atomic E-state index is -0.0832. The van der Waals surface area contributed by atoms with E-state index in [4.69, 9.17) is 5.11 Å². The Kier molecular flexibility index (Phi) is 3.95. The maximum Gasteiger partial charge on any atom is 0.254 e. The van der Waals surface area contributed by atoms with E-state index in [-0.39, 0.29) is 30.4 Å². The van der Waals surface area contributed by atoms with Gasteiger partial charge < -0.3 is 19.5 Å². The first-order valence-electron chi connectivity index (χ1n) is 8.70. The van der Waals surface area contributed by atoms with Crippen LogP contribution in [0.2, 0.25) is 0 Å². The lowest BCUT2D eigenvalue weighted by Gasteiger charge is -2.32. The molecule has 3 fully saturated rings. The van der Waals surface area contributed by atoms with Gasteiger partial charge in [-0.2, -0.15) is 0 Å². The molecule has 5 rings (SSSR count). The van der Waals surface area contributed by atoms with E-state index in [0.717, 1.165) is 23.9 Å². The topological polar surface area (TPSA) is 78.7 Å². The largest absolute Gasteiger partial charge is 0.395 e. The van der Waals surface area contributed by atoms with Crippen molar-refractivity contribution in [2.75, 3.05) is 26.7 Å². The third-order valence-corrected chi connectivity index (χ3v) is 5.46. The van der Waals surface area contributed by atoms with Crippen molar-refractivity contribution in [3.8, 4) is 0 Å². The quantitative estimate of drug-likeness (QED) is 0.892. The van der Waals surface area contributed by atoms with Gasteiger partial charge in [-0.3, -0.25) is 9.59 Å². The highest BCUT2D eigenvalue weighted by Gasteiger charge is 2.40. The molecule has 25 heavy (non-hydrogen) atoms. The van der Waals surface area contributed by atoms with E-state index in [1.54, 1.807) is 23.4 Å². The van der Waals surface area contributed by atoms with Crippen molar-refractivity contribution in [2.45, 2.75) is 25.4 Å². The monoisotopic (exact) mass is 342 g/mol. The number of hydrogen-bond donors (Lipinski definition) is 1. The van der Waals surface area contributed by atoms with Crippen molar-refractivity contribution >= 4 is 22.8 Å².